The van der Waals surface area contributed by atoms with Gasteiger partial charge in [-0.25, -0.2) is 4.39 Å². The molecule has 1 N–H and O–H groups in total. The van der Waals surface area contributed by atoms with Gasteiger partial charge in [0.05, 0.1) is 7.11 Å². The van der Waals surface area contributed by atoms with Gasteiger partial charge in [-0.1, -0.05) is 0 Å². The summed E-state index contributed by atoms with van der Waals surface area (Å²) in [4.78, 5) is 42.5. The number of benzene rings is 2. The maximum atomic E-state index is 13.3. The summed E-state index contributed by atoms with van der Waals surface area (Å²) in [7, 11) is 1.58. The van der Waals surface area contributed by atoms with Crippen LogP contribution in [0.15, 0.2) is 48.5 Å². The summed E-state index contributed by atoms with van der Waals surface area (Å²) in [6.45, 7) is 5.85. The molecule has 1 saturated heterocycles. The quantitative estimate of drug-likeness (QED) is 0.643. The Hall–Kier alpha value is -3.42. The maximum Gasteiger partial charge on any atom is 0.253 e. The molecule has 3 rings (SSSR count). The normalized spacial score (nSPS) is 14.9. The van der Waals surface area contributed by atoms with Gasteiger partial charge in [-0.2, -0.15) is 0 Å². The highest BCUT2D eigenvalue weighted by atomic mass is 19.1. The number of amides is 3. The average Bonchev–Trinajstić information content (AvgIpc) is 2.88. The van der Waals surface area contributed by atoms with Crippen molar-refractivity contribution in [3.63, 3.8) is 0 Å². The number of likely N-dealkylation sites (N-methyl/N-ethyl adjacent to an activating group) is 1. The SMILES string of the molecule is CCN(CC)C(=O)C(NC(=O)c1ccc(F)cc1)C1CCN(C(=O)c2ccc(OC)cc2)CC1. The van der Waals surface area contributed by atoms with Crippen LogP contribution in [0.1, 0.15) is 47.4 Å². The van der Waals surface area contributed by atoms with Crippen molar-refractivity contribution < 1.29 is 23.5 Å². The minimum Gasteiger partial charge on any atom is -0.497 e. The molecule has 1 aliphatic heterocycles. The second-order valence-electron chi connectivity index (χ2n) is 8.33. The van der Waals surface area contributed by atoms with Gasteiger partial charge in [0, 0.05) is 37.3 Å². The van der Waals surface area contributed by atoms with Crippen LogP contribution in [0.2, 0.25) is 0 Å². The summed E-state index contributed by atoms with van der Waals surface area (Å²) in [5, 5.41) is 2.89. The second-order valence-corrected chi connectivity index (χ2v) is 8.33. The molecule has 1 aliphatic rings. The van der Waals surface area contributed by atoms with E-state index in [0.717, 1.165) is 0 Å². The van der Waals surface area contributed by atoms with Crippen molar-refractivity contribution in [2.75, 3.05) is 33.3 Å². The highest BCUT2D eigenvalue weighted by molar-refractivity contribution is 5.97. The van der Waals surface area contributed by atoms with Crippen LogP contribution in [0.25, 0.3) is 0 Å². The predicted octanol–water partition coefficient (Wildman–Crippen LogP) is 3.35. The minimum atomic E-state index is -0.712. The van der Waals surface area contributed by atoms with Crippen LogP contribution >= 0.6 is 0 Å². The largest absolute Gasteiger partial charge is 0.497 e. The first-order valence-electron chi connectivity index (χ1n) is 11.7. The number of nitrogens with one attached hydrogen (secondary N) is 1. The molecule has 1 unspecified atom stereocenters. The van der Waals surface area contributed by atoms with Crippen molar-refractivity contribution in [2.24, 2.45) is 5.92 Å². The number of ether oxygens (including phenoxy) is 1. The summed E-state index contributed by atoms with van der Waals surface area (Å²) >= 11 is 0. The third kappa shape index (κ3) is 5.92. The van der Waals surface area contributed by atoms with E-state index in [1.54, 1.807) is 41.2 Å². The first-order chi connectivity index (χ1) is 16.4. The van der Waals surface area contributed by atoms with Gasteiger partial charge < -0.3 is 19.9 Å². The fraction of sp³-hybridized carbons (Fsp3) is 0.423. The van der Waals surface area contributed by atoms with E-state index in [4.69, 9.17) is 4.74 Å². The lowest BCUT2D eigenvalue weighted by Gasteiger charge is -2.37. The van der Waals surface area contributed by atoms with Crippen molar-refractivity contribution >= 4 is 17.7 Å². The summed E-state index contributed by atoms with van der Waals surface area (Å²) in [5.74, 6) is -0.478. The molecule has 3 amide bonds. The second kappa shape index (κ2) is 11.6. The number of hydrogen-bond donors (Lipinski definition) is 1. The molecule has 8 heteroatoms. The van der Waals surface area contributed by atoms with Gasteiger partial charge in [0.2, 0.25) is 5.91 Å². The molecular weight excluding hydrogens is 437 g/mol. The average molecular weight is 470 g/mol. The molecule has 1 heterocycles. The highest BCUT2D eigenvalue weighted by Crippen LogP contribution is 2.24. The summed E-state index contributed by atoms with van der Waals surface area (Å²) in [5.41, 5.74) is 0.880. The molecule has 0 saturated carbocycles. The van der Waals surface area contributed by atoms with E-state index in [2.05, 4.69) is 5.32 Å². The van der Waals surface area contributed by atoms with E-state index in [1.807, 2.05) is 13.8 Å². The zero-order valence-corrected chi connectivity index (χ0v) is 19.9. The van der Waals surface area contributed by atoms with E-state index in [1.165, 1.54) is 24.3 Å². The molecule has 1 atom stereocenters. The van der Waals surface area contributed by atoms with E-state index >= 15 is 0 Å². The number of carbonyl (C=O) groups excluding carboxylic acids is 3. The molecule has 2 aromatic rings. The molecule has 7 nitrogen and oxygen atoms in total. The van der Waals surface area contributed by atoms with Gasteiger partial charge in [-0.3, -0.25) is 14.4 Å². The fourth-order valence-corrected chi connectivity index (χ4v) is 4.29. The summed E-state index contributed by atoms with van der Waals surface area (Å²) < 4.78 is 18.4. The Morgan fingerprint density at radius 1 is 1.00 bits per heavy atom. The third-order valence-electron chi connectivity index (χ3n) is 6.37. The van der Waals surface area contributed by atoms with Crippen molar-refractivity contribution in [3.8, 4) is 5.75 Å². The van der Waals surface area contributed by atoms with E-state index in [0.29, 0.717) is 55.9 Å². The molecule has 0 aliphatic carbocycles. The molecular formula is C26H32FN3O4. The van der Waals surface area contributed by atoms with Crippen LogP contribution in [0.4, 0.5) is 4.39 Å². The minimum absolute atomic E-state index is 0.0666. The molecule has 1 fully saturated rings. The standard InChI is InChI=1S/C26H32FN3O4/c1-4-29(5-2)26(33)23(28-24(31)19-6-10-21(27)11-7-19)18-14-16-30(17-15-18)25(32)20-8-12-22(34-3)13-9-20/h6-13,18,23H,4-5,14-17H2,1-3H3,(H,28,31). The van der Waals surface area contributed by atoms with Gasteiger partial charge >= 0.3 is 0 Å². The van der Waals surface area contributed by atoms with Crippen LogP contribution < -0.4 is 10.1 Å². The van der Waals surface area contributed by atoms with Crippen LogP contribution in [-0.4, -0.2) is 66.9 Å². The third-order valence-corrected chi connectivity index (χ3v) is 6.37. The van der Waals surface area contributed by atoms with E-state index < -0.39 is 17.8 Å². The number of rotatable bonds is 8. The van der Waals surface area contributed by atoms with E-state index in [-0.39, 0.29) is 17.7 Å². The Labute approximate surface area is 199 Å². The van der Waals surface area contributed by atoms with Crippen molar-refractivity contribution in [3.05, 3.63) is 65.5 Å². The molecule has 0 bridgehead atoms. The molecule has 182 valence electrons. The van der Waals surface area contributed by atoms with Crippen LogP contribution in [0.5, 0.6) is 5.75 Å². The number of nitrogens with zero attached hydrogens (tertiary/aromatic N) is 2. The number of carbonyl (C=O) groups is 3. The van der Waals surface area contributed by atoms with Crippen molar-refractivity contribution in [1.29, 1.82) is 0 Å². The number of methoxy groups -OCH3 is 1. The lowest BCUT2D eigenvalue weighted by atomic mass is 9.87. The van der Waals surface area contributed by atoms with Crippen LogP contribution in [0.3, 0.4) is 0 Å². The lowest BCUT2D eigenvalue weighted by Crippen LogP contribution is -2.54. The van der Waals surface area contributed by atoms with Gasteiger partial charge in [0.15, 0.2) is 0 Å². The molecule has 0 aromatic heterocycles. The van der Waals surface area contributed by atoms with Gasteiger partial charge in [-0.15, -0.1) is 0 Å². The summed E-state index contributed by atoms with van der Waals surface area (Å²) in [6, 6.07) is 11.5. The van der Waals surface area contributed by atoms with E-state index in [9.17, 15) is 18.8 Å². The first kappa shape index (κ1) is 25.2. The molecule has 2 aromatic carbocycles. The maximum absolute atomic E-state index is 13.3. The van der Waals surface area contributed by atoms with Gasteiger partial charge in [-0.05, 0) is 81.1 Å². The zero-order chi connectivity index (χ0) is 24.7. The number of likely N-dealkylation sites (tertiary alicyclic amines) is 1. The zero-order valence-electron chi connectivity index (χ0n) is 19.9. The number of halogens is 1. The fourth-order valence-electron chi connectivity index (χ4n) is 4.29. The lowest BCUT2D eigenvalue weighted by molar-refractivity contribution is -0.134. The monoisotopic (exact) mass is 469 g/mol. The molecule has 34 heavy (non-hydrogen) atoms. The number of piperidine rings is 1. The molecule has 0 radical (unpaired) electrons. The Kier molecular flexibility index (Phi) is 8.62. The Morgan fingerprint density at radius 3 is 2.09 bits per heavy atom. The summed E-state index contributed by atoms with van der Waals surface area (Å²) in [6.07, 6.45) is 1.17. The number of hydrogen-bond acceptors (Lipinski definition) is 4. The van der Waals surface area contributed by atoms with Crippen LogP contribution in [-0.2, 0) is 4.79 Å². The van der Waals surface area contributed by atoms with Crippen LogP contribution in [0, 0.1) is 11.7 Å². The predicted molar refractivity (Wildman–Crippen MR) is 127 cm³/mol. The topological polar surface area (TPSA) is 79.0 Å². The van der Waals surface area contributed by atoms with Crippen molar-refractivity contribution in [2.45, 2.75) is 32.7 Å². The molecule has 0 spiro atoms. The first-order valence-corrected chi connectivity index (χ1v) is 11.7. The van der Waals surface area contributed by atoms with Gasteiger partial charge in [0.25, 0.3) is 11.8 Å². The Morgan fingerprint density at radius 2 is 1.56 bits per heavy atom. The smallest absolute Gasteiger partial charge is 0.253 e. The highest BCUT2D eigenvalue weighted by Gasteiger charge is 2.35. The Balaban J connectivity index is 1.71. The Bertz CT molecular complexity index is 982. The van der Waals surface area contributed by atoms with Gasteiger partial charge in [0.1, 0.15) is 17.6 Å². The van der Waals surface area contributed by atoms with Crippen molar-refractivity contribution in [1.82, 2.24) is 15.1 Å².